The van der Waals surface area contributed by atoms with Gasteiger partial charge in [-0.2, -0.15) is 0 Å². The summed E-state index contributed by atoms with van der Waals surface area (Å²) in [6, 6.07) is 10.1. The van der Waals surface area contributed by atoms with Crippen molar-refractivity contribution in [1.29, 1.82) is 0 Å². The number of halogens is 1. The summed E-state index contributed by atoms with van der Waals surface area (Å²) in [5.74, 6) is -5.02. The van der Waals surface area contributed by atoms with Crippen LogP contribution in [0.5, 0.6) is 0 Å². The lowest BCUT2D eigenvalue weighted by molar-refractivity contribution is -0.124. The van der Waals surface area contributed by atoms with E-state index < -0.39 is 77.3 Å². The summed E-state index contributed by atoms with van der Waals surface area (Å²) in [5.41, 5.74) is 1.01. The minimum atomic E-state index is -1.65. The number of allylic oxidation sites excluding steroid dienone is 2. The quantitative estimate of drug-likeness (QED) is 0.0139. The van der Waals surface area contributed by atoms with Crippen LogP contribution in [0.25, 0.3) is 60.0 Å². The summed E-state index contributed by atoms with van der Waals surface area (Å²) in [6.07, 6.45) is 1.23. The van der Waals surface area contributed by atoms with Crippen LogP contribution in [0.4, 0.5) is 0 Å². The van der Waals surface area contributed by atoms with Crippen LogP contribution in [0.1, 0.15) is 134 Å². The summed E-state index contributed by atoms with van der Waals surface area (Å²) < 4.78 is 6.10. The first kappa shape index (κ1) is 72.2. The number of benzene rings is 1. The van der Waals surface area contributed by atoms with Crippen LogP contribution in [0.3, 0.4) is 0 Å². The molecule has 8 N–H and O–H groups in total. The predicted octanol–water partition coefficient (Wildman–Crippen LogP) is 8.48. The molecule has 8 bridgehead atoms. The van der Waals surface area contributed by atoms with Crippen molar-refractivity contribution in [3.05, 3.63) is 142 Å². The Morgan fingerprint density at radius 2 is 1.32 bits per heavy atom. The average Bonchev–Trinajstić information content (AvgIpc) is 1.70. The lowest BCUT2D eigenvalue weighted by atomic mass is 9.99. The summed E-state index contributed by atoms with van der Waals surface area (Å²) in [6.45, 7) is 12.1. The number of oxime groups is 1. The average molecular weight is 1450 g/mol. The zero-order valence-electron chi connectivity index (χ0n) is 53.4. The third-order valence-corrected chi connectivity index (χ3v) is 19.6. The molecule has 10 rings (SSSR count). The van der Waals surface area contributed by atoms with Gasteiger partial charge >= 0.3 is 5.97 Å². The molecule has 6 amide bonds. The summed E-state index contributed by atoms with van der Waals surface area (Å²) in [7, 11) is 3.93. The van der Waals surface area contributed by atoms with Gasteiger partial charge in [0, 0.05) is 49.8 Å². The van der Waals surface area contributed by atoms with Crippen LogP contribution in [0, 0.1) is 0 Å². The van der Waals surface area contributed by atoms with Gasteiger partial charge in [-0.25, -0.2) is 44.7 Å². The van der Waals surface area contributed by atoms with E-state index in [1.807, 2.05) is 31.1 Å². The normalized spacial score (nSPS) is 16.9. The maximum atomic E-state index is 14.6. The maximum absolute atomic E-state index is 14.6. The van der Waals surface area contributed by atoms with Gasteiger partial charge in [-0.1, -0.05) is 41.6 Å². The molecule has 1 aliphatic rings. The minimum absolute atomic E-state index is 0. The van der Waals surface area contributed by atoms with Crippen molar-refractivity contribution in [1.82, 2.24) is 76.7 Å². The molecule has 0 radical (unpaired) electrons. The molecule has 9 heterocycles. The van der Waals surface area contributed by atoms with Crippen LogP contribution < -0.4 is 31.9 Å². The zero-order valence-corrected chi connectivity index (χ0v) is 59.1. The van der Waals surface area contributed by atoms with Gasteiger partial charge in [-0.3, -0.25) is 28.8 Å². The Morgan fingerprint density at radius 3 is 2.04 bits per heavy atom. The second-order valence-electron chi connectivity index (χ2n) is 22.4. The van der Waals surface area contributed by atoms with Crippen molar-refractivity contribution < 1.29 is 53.3 Å². The number of nitrogens with one attached hydrogen (secondary N) is 6. The number of carbonyl (C=O) groups is 7. The third kappa shape index (κ3) is 17.6. The van der Waals surface area contributed by atoms with Crippen molar-refractivity contribution in [3.63, 3.8) is 0 Å². The van der Waals surface area contributed by atoms with E-state index in [0.29, 0.717) is 44.8 Å². The number of aliphatic hydroxyl groups is 2. The summed E-state index contributed by atoms with van der Waals surface area (Å²) in [4.78, 5) is 143. The third-order valence-electron chi connectivity index (χ3n) is 14.3. The molecule has 34 heteroatoms. The monoisotopic (exact) mass is 1450 g/mol. The molecule has 8 aromatic heterocycles. The molecule has 0 saturated heterocycles. The van der Waals surface area contributed by atoms with E-state index in [-0.39, 0.29) is 90.2 Å². The second-order valence-corrected chi connectivity index (χ2v) is 27.6. The fraction of sp³-hybridized carbons (Fsp3) is 0.302. The highest BCUT2D eigenvalue weighted by Crippen LogP contribution is 2.39. The number of para-hydroxylation sites is 1. The second kappa shape index (κ2) is 31.9. The van der Waals surface area contributed by atoms with E-state index in [2.05, 4.69) is 57.0 Å². The predicted molar refractivity (Wildman–Crippen MR) is 375 cm³/mol. The van der Waals surface area contributed by atoms with Gasteiger partial charge in [0.05, 0.1) is 40.9 Å². The highest BCUT2D eigenvalue weighted by atomic mass is 35.5. The van der Waals surface area contributed by atoms with Gasteiger partial charge in [0.1, 0.15) is 112 Å². The van der Waals surface area contributed by atoms with Crippen molar-refractivity contribution in [2.75, 3.05) is 33.8 Å². The number of aromatic nitrogens is 8. The maximum Gasteiger partial charge on any atom is 0.357 e. The number of ether oxygens (including phenoxy) is 1. The number of thiazole rings is 6. The molecule has 1 aromatic carbocycles. The highest BCUT2D eigenvalue weighted by molar-refractivity contribution is 7.15. The SMILES string of the molecule is C/C=C(\NC(=O)c1csc(-c2csc(-c3ccc4c(n3)-c3csc(n3)C(C(C)OC(=O)c3ccc5ccccc5n3)NC(=O)c3csc(n3)C(C(C)(C)O)NC(=O)c3csc(n3)/C(=C/C)NC(=O)C(C(C)O)NC(=O)c3csc-4n3)n2)n1)C(=O)NC/C(C)=N/OCCCN(C)C.Cl. The number of nitrogens with zero attached hydrogens (tertiary/aromatic N) is 10. The van der Waals surface area contributed by atoms with Gasteiger partial charge in [-0.05, 0) is 93.2 Å². The Labute approximate surface area is 585 Å². The van der Waals surface area contributed by atoms with Gasteiger partial charge in [0.2, 0.25) is 5.91 Å². The molecule has 0 fully saturated rings. The number of amides is 6. The topological polar surface area (TPSA) is 369 Å². The molecule has 1 aliphatic heterocycles. The summed E-state index contributed by atoms with van der Waals surface area (Å²) >= 11 is 6.60. The number of fused-ring (bicyclic) bond motifs is 12. The number of hydrogen-bond acceptors (Lipinski definition) is 27. The van der Waals surface area contributed by atoms with Crippen LogP contribution >= 0.6 is 80.4 Å². The molecule has 0 spiro atoms. The molecule has 0 aliphatic carbocycles. The Hall–Kier alpha value is -9.03. The van der Waals surface area contributed by atoms with Crippen LogP contribution in [-0.4, -0.2) is 160 Å². The Morgan fingerprint density at radius 1 is 0.701 bits per heavy atom. The van der Waals surface area contributed by atoms with Gasteiger partial charge in [-0.15, -0.1) is 80.4 Å². The van der Waals surface area contributed by atoms with E-state index in [4.69, 9.17) is 29.5 Å². The number of hydrogen-bond donors (Lipinski definition) is 8. The molecule has 97 heavy (non-hydrogen) atoms. The first-order valence-electron chi connectivity index (χ1n) is 29.6. The van der Waals surface area contributed by atoms with Crippen molar-refractivity contribution in [2.24, 2.45) is 5.16 Å². The first-order valence-corrected chi connectivity index (χ1v) is 34.9. The van der Waals surface area contributed by atoms with E-state index in [1.165, 1.54) is 66.5 Å². The molecule has 506 valence electrons. The molecule has 27 nitrogen and oxygen atoms in total. The van der Waals surface area contributed by atoms with E-state index in [0.717, 1.165) is 75.0 Å². The van der Waals surface area contributed by atoms with Gasteiger partial charge in [0.15, 0.2) is 0 Å². The number of pyridine rings is 2. The Balaban J connectivity index is 0.0000110. The number of rotatable bonds is 17. The highest BCUT2D eigenvalue weighted by Gasteiger charge is 2.36. The minimum Gasteiger partial charge on any atom is -0.455 e. The molecule has 5 unspecified atom stereocenters. The summed E-state index contributed by atoms with van der Waals surface area (Å²) in [5, 5.41) is 54.8. The van der Waals surface area contributed by atoms with E-state index >= 15 is 0 Å². The molecule has 9 aromatic rings. The fourth-order valence-corrected chi connectivity index (χ4v) is 14.5. The first-order chi connectivity index (χ1) is 45.9. The standard InChI is InChI=1S/C63H64N16O11S6.ClH/c1-10-35(50(81)64-23-30(3)78-89-22-14-21-79(8)9)67-51(82)41-26-93-59(72-41)45-29-94-58(74-45)38-20-18-34-48(66-38)40-24-95-60(69-40)47(32(5)90-62(87)39-19-17-33-15-12-13-16-37(33)65-39)76-53(84)43-28-96-61(73-43)49(63(6,7)88)77-54(85)44-27-92-57(71-44)36(11-2)68-55(86)46(31(4)80)75-52(83)42-25-91-56(34)70-42;/h10-13,15-20,24-29,31-32,46-47,49,80,88H,14,21-23H2,1-9H3,(H,64,81)(H,67,82)(H,68,86)(H,75,83)(H,76,84)(H,77,85);1H/b35-10-,36-11-,78-30+;. The van der Waals surface area contributed by atoms with Crippen LogP contribution in [0.2, 0.25) is 0 Å². The largest absolute Gasteiger partial charge is 0.455 e. The number of carbonyl (C=O) groups excluding carboxylic acids is 7. The van der Waals surface area contributed by atoms with Crippen LogP contribution in [-0.2, 0) is 19.2 Å². The van der Waals surface area contributed by atoms with Crippen molar-refractivity contribution in [3.8, 4) is 43.4 Å². The van der Waals surface area contributed by atoms with Gasteiger partial charge in [0.25, 0.3) is 29.5 Å². The molecule has 5 atom stereocenters. The number of esters is 1. The van der Waals surface area contributed by atoms with E-state index in [9.17, 15) is 43.8 Å². The van der Waals surface area contributed by atoms with Gasteiger partial charge < -0.3 is 56.6 Å². The molecular formula is C63H65ClN16O11S6. The van der Waals surface area contributed by atoms with E-state index in [1.54, 1.807) is 74.2 Å². The Bertz CT molecular complexity index is 4510. The lowest BCUT2D eigenvalue weighted by Gasteiger charge is -2.28. The van der Waals surface area contributed by atoms with Crippen molar-refractivity contribution in [2.45, 2.75) is 90.8 Å². The van der Waals surface area contributed by atoms with Crippen molar-refractivity contribution >= 4 is 144 Å². The molecule has 0 saturated carbocycles. The van der Waals surface area contributed by atoms with Crippen LogP contribution in [0.15, 0.2) is 104 Å². The molecular weight excluding hydrogens is 1380 g/mol. The zero-order chi connectivity index (χ0) is 68.5. The smallest absolute Gasteiger partial charge is 0.357 e. The lowest BCUT2D eigenvalue weighted by Crippen LogP contribution is -2.52. The number of aliphatic hydroxyl groups excluding tert-OH is 1. The Kier molecular flexibility index (Phi) is 23.8. The fourth-order valence-electron chi connectivity index (χ4n) is 9.28.